The van der Waals surface area contributed by atoms with E-state index in [4.69, 9.17) is 23.2 Å². The fourth-order valence-corrected chi connectivity index (χ4v) is 2.63. The van der Waals surface area contributed by atoms with Crippen LogP contribution in [-0.2, 0) is 6.42 Å². The second-order valence-electron chi connectivity index (χ2n) is 3.59. The van der Waals surface area contributed by atoms with E-state index in [-0.39, 0.29) is 0 Å². The Morgan fingerprint density at radius 2 is 2.07 bits per heavy atom. The lowest BCUT2D eigenvalue weighted by atomic mass is 9.93. The Hall–Kier alpha value is -0.240. The summed E-state index contributed by atoms with van der Waals surface area (Å²) in [6, 6.07) is 4.14. The summed E-state index contributed by atoms with van der Waals surface area (Å²) >= 11 is 12.3. The molecule has 1 aliphatic rings. The lowest BCUT2D eigenvalue weighted by Gasteiger charge is -2.27. The van der Waals surface area contributed by atoms with Crippen molar-refractivity contribution in [2.75, 3.05) is 6.54 Å². The second kappa shape index (κ2) is 4.09. The maximum atomic E-state index is 6.19. The van der Waals surface area contributed by atoms with E-state index in [1.807, 2.05) is 12.1 Å². The summed E-state index contributed by atoms with van der Waals surface area (Å²) in [6.45, 7) is 3.15. The van der Waals surface area contributed by atoms with Crippen LogP contribution in [0.2, 0.25) is 10.0 Å². The zero-order valence-electron chi connectivity index (χ0n) is 8.11. The molecule has 1 aliphatic heterocycles. The van der Waals surface area contributed by atoms with Gasteiger partial charge < -0.3 is 5.32 Å². The van der Waals surface area contributed by atoms with Gasteiger partial charge in [0.05, 0.1) is 0 Å². The molecule has 1 atom stereocenters. The quantitative estimate of drug-likeness (QED) is 0.777. The minimum absolute atomic E-state index is 0.366. The summed E-state index contributed by atoms with van der Waals surface area (Å²) in [6.07, 6.45) is 2.03. The monoisotopic (exact) mass is 229 g/mol. The maximum Gasteiger partial charge on any atom is 0.0457 e. The molecular weight excluding hydrogens is 217 g/mol. The molecule has 0 fully saturated rings. The van der Waals surface area contributed by atoms with Gasteiger partial charge in [0.1, 0.15) is 0 Å². The first-order chi connectivity index (χ1) is 6.74. The Balaban J connectivity index is 2.55. The summed E-state index contributed by atoms with van der Waals surface area (Å²) in [7, 11) is 0. The number of hydrogen-bond donors (Lipinski definition) is 1. The fourth-order valence-electron chi connectivity index (χ4n) is 2.06. The number of rotatable bonds is 1. The van der Waals surface area contributed by atoms with Crippen molar-refractivity contribution < 1.29 is 0 Å². The van der Waals surface area contributed by atoms with Gasteiger partial charge in [0, 0.05) is 16.1 Å². The SMILES string of the molecule is CCC1NCCc2c(Cl)ccc(Cl)c21. The van der Waals surface area contributed by atoms with Crippen LogP contribution >= 0.6 is 23.2 Å². The summed E-state index contributed by atoms with van der Waals surface area (Å²) in [4.78, 5) is 0. The number of hydrogen-bond acceptors (Lipinski definition) is 1. The van der Waals surface area contributed by atoms with Crippen LogP contribution in [0.1, 0.15) is 30.5 Å². The van der Waals surface area contributed by atoms with Crippen LogP contribution in [0.4, 0.5) is 0 Å². The molecule has 0 saturated heterocycles. The van der Waals surface area contributed by atoms with Gasteiger partial charge in [0.2, 0.25) is 0 Å². The second-order valence-corrected chi connectivity index (χ2v) is 4.40. The van der Waals surface area contributed by atoms with Crippen LogP contribution in [0.25, 0.3) is 0 Å². The van der Waals surface area contributed by atoms with Crippen molar-refractivity contribution in [3.63, 3.8) is 0 Å². The first-order valence-corrected chi connectivity index (χ1v) is 5.69. The molecule has 1 nitrogen and oxygen atoms in total. The maximum absolute atomic E-state index is 6.19. The van der Waals surface area contributed by atoms with Crippen LogP contribution < -0.4 is 5.32 Å². The molecule has 0 saturated carbocycles. The van der Waals surface area contributed by atoms with Crippen molar-refractivity contribution in [2.24, 2.45) is 0 Å². The molecule has 0 aromatic heterocycles. The number of halogens is 2. The highest BCUT2D eigenvalue weighted by molar-refractivity contribution is 6.34. The van der Waals surface area contributed by atoms with E-state index < -0.39 is 0 Å². The van der Waals surface area contributed by atoms with Gasteiger partial charge in [-0.05, 0) is 42.6 Å². The van der Waals surface area contributed by atoms with Gasteiger partial charge in [-0.1, -0.05) is 30.1 Å². The third kappa shape index (κ3) is 1.65. The van der Waals surface area contributed by atoms with E-state index in [2.05, 4.69) is 12.2 Å². The number of nitrogens with one attached hydrogen (secondary N) is 1. The standard InChI is InChI=1S/C11H13Cl2N/c1-2-10-11-7(5-6-14-10)8(12)3-4-9(11)13/h3-4,10,14H,2,5-6H2,1H3. The molecule has 1 aromatic carbocycles. The minimum atomic E-state index is 0.366. The molecule has 0 aliphatic carbocycles. The van der Waals surface area contributed by atoms with Crippen molar-refractivity contribution in [1.29, 1.82) is 0 Å². The molecular formula is C11H13Cl2N. The smallest absolute Gasteiger partial charge is 0.0457 e. The molecule has 14 heavy (non-hydrogen) atoms. The highest BCUT2D eigenvalue weighted by Crippen LogP contribution is 2.35. The van der Waals surface area contributed by atoms with Gasteiger partial charge in [-0.15, -0.1) is 0 Å². The molecule has 1 heterocycles. The highest BCUT2D eigenvalue weighted by atomic mass is 35.5. The predicted octanol–water partition coefficient (Wildman–Crippen LogP) is 3.59. The Morgan fingerprint density at radius 3 is 2.79 bits per heavy atom. The first kappa shape index (κ1) is 10.3. The Morgan fingerprint density at radius 1 is 1.36 bits per heavy atom. The molecule has 1 aromatic rings. The first-order valence-electron chi connectivity index (χ1n) is 4.94. The third-order valence-corrected chi connectivity index (χ3v) is 3.45. The number of fused-ring (bicyclic) bond motifs is 1. The van der Waals surface area contributed by atoms with E-state index in [1.165, 1.54) is 11.1 Å². The van der Waals surface area contributed by atoms with Crippen molar-refractivity contribution in [3.05, 3.63) is 33.3 Å². The van der Waals surface area contributed by atoms with Gasteiger partial charge in [0.25, 0.3) is 0 Å². The van der Waals surface area contributed by atoms with E-state index in [0.717, 1.165) is 29.4 Å². The molecule has 0 spiro atoms. The van der Waals surface area contributed by atoms with Crippen LogP contribution in [0.3, 0.4) is 0 Å². The molecule has 0 amide bonds. The Bertz CT molecular complexity index is 349. The molecule has 0 bridgehead atoms. The fraction of sp³-hybridized carbons (Fsp3) is 0.455. The van der Waals surface area contributed by atoms with Gasteiger partial charge in [-0.3, -0.25) is 0 Å². The van der Waals surface area contributed by atoms with E-state index in [0.29, 0.717) is 6.04 Å². The molecule has 0 radical (unpaired) electrons. The Kier molecular flexibility index (Phi) is 3.01. The average Bonchev–Trinajstić information content (AvgIpc) is 2.23. The van der Waals surface area contributed by atoms with Crippen LogP contribution in [0, 0.1) is 0 Å². The van der Waals surface area contributed by atoms with E-state index in [1.54, 1.807) is 0 Å². The molecule has 1 N–H and O–H groups in total. The van der Waals surface area contributed by atoms with Crippen LogP contribution in [-0.4, -0.2) is 6.54 Å². The van der Waals surface area contributed by atoms with Crippen LogP contribution in [0.5, 0.6) is 0 Å². The van der Waals surface area contributed by atoms with Crippen LogP contribution in [0.15, 0.2) is 12.1 Å². The minimum Gasteiger partial charge on any atom is -0.310 e. The normalized spacial score (nSPS) is 20.6. The average molecular weight is 230 g/mol. The van der Waals surface area contributed by atoms with E-state index in [9.17, 15) is 0 Å². The summed E-state index contributed by atoms with van der Waals surface area (Å²) < 4.78 is 0. The van der Waals surface area contributed by atoms with Crippen molar-refractivity contribution >= 4 is 23.2 Å². The van der Waals surface area contributed by atoms with Crippen molar-refractivity contribution in [3.8, 4) is 0 Å². The molecule has 1 unspecified atom stereocenters. The Labute approximate surface area is 94.4 Å². The number of benzene rings is 1. The van der Waals surface area contributed by atoms with Gasteiger partial charge in [-0.2, -0.15) is 0 Å². The molecule has 76 valence electrons. The lowest BCUT2D eigenvalue weighted by molar-refractivity contribution is 0.493. The topological polar surface area (TPSA) is 12.0 Å². The van der Waals surface area contributed by atoms with Crippen molar-refractivity contribution in [2.45, 2.75) is 25.8 Å². The zero-order valence-corrected chi connectivity index (χ0v) is 9.62. The summed E-state index contributed by atoms with van der Waals surface area (Å²) in [5.41, 5.74) is 2.43. The molecule has 2 rings (SSSR count). The van der Waals surface area contributed by atoms with Gasteiger partial charge >= 0.3 is 0 Å². The predicted molar refractivity (Wildman–Crippen MR) is 61.2 cm³/mol. The molecule has 3 heteroatoms. The zero-order chi connectivity index (χ0) is 10.1. The van der Waals surface area contributed by atoms with Crippen molar-refractivity contribution in [1.82, 2.24) is 5.32 Å². The van der Waals surface area contributed by atoms with E-state index >= 15 is 0 Å². The van der Waals surface area contributed by atoms with Gasteiger partial charge in [-0.25, -0.2) is 0 Å². The summed E-state index contributed by atoms with van der Waals surface area (Å²) in [5.74, 6) is 0. The largest absolute Gasteiger partial charge is 0.310 e. The lowest BCUT2D eigenvalue weighted by Crippen LogP contribution is -2.29. The van der Waals surface area contributed by atoms with Gasteiger partial charge in [0.15, 0.2) is 0 Å². The third-order valence-electron chi connectivity index (χ3n) is 2.77. The summed E-state index contributed by atoms with van der Waals surface area (Å²) in [5, 5.41) is 5.14. The highest BCUT2D eigenvalue weighted by Gasteiger charge is 2.22.